The first-order valence-corrected chi connectivity index (χ1v) is 8.77. The molecule has 5 N–H and O–H groups in total. The molecule has 0 fully saturated rings. The first-order valence-electron chi connectivity index (χ1n) is 8.77. The zero-order valence-electron chi connectivity index (χ0n) is 16.2. The predicted molar refractivity (Wildman–Crippen MR) is 110 cm³/mol. The maximum Gasteiger partial charge on any atom is 0.254 e. The summed E-state index contributed by atoms with van der Waals surface area (Å²) in [5.41, 5.74) is 6.66. The van der Waals surface area contributed by atoms with Gasteiger partial charge in [-0.3, -0.25) is 9.59 Å². The molecule has 0 bridgehead atoms. The number of carbonyl (C=O) groups is 2. The van der Waals surface area contributed by atoms with E-state index in [4.69, 9.17) is 10.5 Å². The second kappa shape index (κ2) is 8.86. The van der Waals surface area contributed by atoms with Crippen LogP contribution < -0.4 is 26.4 Å². The minimum Gasteiger partial charge on any atom is -0.494 e. The number of carbonyl (C=O) groups excluding carboxylic acids is 2. The van der Waals surface area contributed by atoms with Crippen LogP contribution in [0, 0.1) is 5.82 Å². The van der Waals surface area contributed by atoms with Crippen molar-refractivity contribution in [3.63, 3.8) is 0 Å². The Hall–Kier alpha value is -4.21. The lowest BCUT2D eigenvalue weighted by molar-refractivity contribution is 0.0961. The predicted octanol–water partition coefficient (Wildman–Crippen LogP) is 2.57. The lowest BCUT2D eigenvalue weighted by Gasteiger charge is -2.16. The molecule has 0 aliphatic carbocycles. The smallest absolute Gasteiger partial charge is 0.254 e. The van der Waals surface area contributed by atoms with E-state index in [1.54, 1.807) is 18.2 Å². The number of hydrogen-bond donors (Lipinski definition) is 4. The number of nitrogens with zero attached hydrogens (tertiary/aromatic N) is 2. The number of primary amides is 1. The number of nitrogens with one attached hydrogen (secondary N) is 3. The Balaban J connectivity index is 2.01. The summed E-state index contributed by atoms with van der Waals surface area (Å²) in [5, 5.41) is 8.56. The van der Waals surface area contributed by atoms with Gasteiger partial charge in [-0.15, -0.1) is 0 Å². The summed E-state index contributed by atoms with van der Waals surface area (Å²) in [6.07, 6.45) is 2.44. The van der Waals surface area contributed by atoms with Crippen LogP contribution in [-0.4, -0.2) is 35.9 Å². The van der Waals surface area contributed by atoms with Gasteiger partial charge in [0.1, 0.15) is 17.5 Å². The van der Waals surface area contributed by atoms with Crippen LogP contribution in [0.3, 0.4) is 0 Å². The van der Waals surface area contributed by atoms with Gasteiger partial charge in [-0.25, -0.2) is 14.4 Å². The Morgan fingerprint density at radius 2 is 1.77 bits per heavy atom. The van der Waals surface area contributed by atoms with Gasteiger partial charge in [0.15, 0.2) is 5.75 Å². The highest BCUT2D eigenvalue weighted by atomic mass is 19.1. The first kappa shape index (κ1) is 20.5. The summed E-state index contributed by atoms with van der Waals surface area (Å²) in [6, 6.07) is 9.13. The van der Waals surface area contributed by atoms with E-state index in [9.17, 15) is 14.0 Å². The number of pyridine rings is 2. The topological polar surface area (TPSA) is 131 Å². The maximum absolute atomic E-state index is 13.1. The van der Waals surface area contributed by atoms with Gasteiger partial charge in [0.25, 0.3) is 11.8 Å². The van der Waals surface area contributed by atoms with E-state index in [0.29, 0.717) is 23.0 Å². The van der Waals surface area contributed by atoms with Crippen LogP contribution in [0.2, 0.25) is 0 Å². The molecule has 0 saturated carbocycles. The Morgan fingerprint density at radius 1 is 1.00 bits per heavy atom. The van der Waals surface area contributed by atoms with Crippen LogP contribution in [0.15, 0.2) is 48.8 Å². The van der Waals surface area contributed by atoms with Crippen molar-refractivity contribution in [3.8, 4) is 5.75 Å². The van der Waals surface area contributed by atoms with Gasteiger partial charge in [-0.1, -0.05) is 6.07 Å². The normalized spacial score (nSPS) is 10.2. The Bertz CT molecular complexity index is 1090. The van der Waals surface area contributed by atoms with Crippen molar-refractivity contribution in [2.75, 3.05) is 24.8 Å². The Morgan fingerprint density at radius 3 is 2.40 bits per heavy atom. The molecule has 10 heteroatoms. The summed E-state index contributed by atoms with van der Waals surface area (Å²) in [7, 11) is 2.90. The third kappa shape index (κ3) is 4.43. The van der Waals surface area contributed by atoms with Gasteiger partial charge in [-0.2, -0.15) is 0 Å². The molecule has 0 atom stereocenters. The van der Waals surface area contributed by atoms with Crippen LogP contribution in [0.25, 0.3) is 0 Å². The van der Waals surface area contributed by atoms with Crippen LogP contribution in [0.5, 0.6) is 5.75 Å². The number of anilines is 4. The lowest BCUT2D eigenvalue weighted by atomic mass is 10.1. The number of para-hydroxylation sites is 1. The van der Waals surface area contributed by atoms with Crippen molar-refractivity contribution < 1.29 is 18.7 Å². The van der Waals surface area contributed by atoms with E-state index in [0.717, 1.165) is 6.20 Å². The molecule has 2 heterocycles. The number of ether oxygens (including phenoxy) is 1. The number of amides is 2. The van der Waals surface area contributed by atoms with Crippen molar-refractivity contribution in [1.82, 2.24) is 15.3 Å². The summed E-state index contributed by atoms with van der Waals surface area (Å²) in [5.74, 6) is -0.528. The standard InChI is InChI=1S/C20H19FN6O3/c1-23-20(29)13-10-25-17(27-16-7-6-11(21)9-24-16)8-15(13)26-14-5-3-4-12(19(22)28)18(14)30-2/h3-10H,1-2H3,(H2,22,28)(H,23,29)(H2,24,25,26,27). The summed E-state index contributed by atoms with van der Waals surface area (Å²) >= 11 is 0. The second-order valence-corrected chi connectivity index (χ2v) is 6.06. The third-order valence-electron chi connectivity index (χ3n) is 4.11. The number of methoxy groups -OCH3 is 1. The van der Waals surface area contributed by atoms with Crippen molar-refractivity contribution in [3.05, 3.63) is 65.7 Å². The fourth-order valence-electron chi connectivity index (χ4n) is 2.72. The minimum atomic E-state index is -0.651. The number of aromatic nitrogens is 2. The molecule has 3 aromatic rings. The van der Waals surface area contributed by atoms with E-state index < -0.39 is 11.7 Å². The molecular formula is C20H19FN6O3. The average molecular weight is 410 g/mol. The van der Waals surface area contributed by atoms with E-state index in [1.165, 1.54) is 38.6 Å². The number of nitrogens with two attached hydrogens (primary N) is 1. The zero-order valence-corrected chi connectivity index (χ0v) is 16.2. The Kier molecular flexibility index (Phi) is 6.06. The first-order chi connectivity index (χ1) is 14.4. The van der Waals surface area contributed by atoms with Crippen LogP contribution in [-0.2, 0) is 0 Å². The number of halogens is 1. The van der Waals surface area contributed by atoms with E-state index >= 15 is 0 Å². The molecule has 0 aliphatic rings. The molecule has 3 rings (SSSR count). The largest absolute Gasteiger partial charge is 0.494 e. The van der Waals surface area contributed by atoms with Crippen LogP contribution in [0.1, 0.15) is 20.7 Å². The van der Waals surface area contributed by atoms with Crippen LogP contribution >= 0.6 is 0 Å². The molecule has 2 aromatic heterocycles. The van der Waals surface area contributed by atoms with Gasteiger partial charge in [-0.05, 0) is 24.3 Å². The van der Waals surface area contributed by atoms with Crippen molar-refractivity contribution in [2.45, 2.75) is 0 Å². The number of rotatable bonds is 7. The van der Waals surface area contributed by atoms with Crippen molar-refractivity contribution in [1.29, 1.82) is 0 Å². The molecule has 0 aliphatic heterocycles. The fraction of sp³-hybridized carbons (Fsp3) is 0.100. The summed E-state index contributed by atoms with van der Waals surface area (Å²) < 4.78 is 18.4. The molecule has 0 radical (unpaired) electrons. The van der Waals surface area contributed by atoms with Crippen LogP contribution in [0.4, 0.5) is 27.4 Å². The van der Waals surface area contributed by atoms with Gasteiger partial charge < -0.3 is 26.4 Å². The fourth-order valence-corrected chi connectivity index (χ4v) is 2.72. The molecule has 0 saturated heterocycles. The molecule has 2 amide bonds. The zero-order chi connectivity index (χ0) is 21.7. The highest BCUT2D eigenvalue weighted by Crippen LogP contribution is 2.33. The van der Waals surface area contributed by atoms with Gasteiger partial charge in [0.05, 0.1) is 35.8 Å². The molecule has 154 valence electrons. The maximum atomic E-state index is 13.1. The van der Waals surface area contributed by atoms with Gasteiger partial charge >= 0.3 is 0 Å². The highest BCUT2D eigenvalue weighted by Gasteiger charge is 2.17. The van der Waals surface area contributed by atoms with Crippen molar-refractivity contribution >= 4 is 34.8 Å². The van der Waals surface area contributed by atoms with Crippen molar-refractivity contribution in [2.24, 2.45) is 5.73 Å². The molecule has 1 aromatic carbocycles. The van der Waals surface area contributed by atoms with E-state index in [2.05, 4.69) is 25.9 Å². The molecule has 0 unspecified atom stereocenters. The third-order valence-corrected chi connectivity index (χ3v) is 4.11. The summed E-state index contributed by atoms with van der Waals surface area (Å²) in [4.78, 5) is 32.1. The number of benzene rings is 1. The molecule has 9 nitrogen and oxygen atoms in total. The van der Waals surface area contributed by atoms with Gasteiger partial charge in [0.2, 0.25) is 0 Å². The lowest BCUT2D eigenvalue weighted by Crippen LogP contribution is -2.20. The highest BCUT2D eigenvalue weighted by molar-refractivity contribution is 6.02. The molecule has 0 spiro atoms. The number of hydrogen-bond acceptors (Lipinski definition) is 7. The minimum absolute atomic E-state index is 0.187. The second-order valence-electron chi connectivity index (χ2n) is 6.06. The quantitative estimate of drug-likeness (QED) is 0.471. The van der Waals surface area contributed by atoms with E-state index in [1.807, 2.05) is 0 Å². The monoisotopic (exact) mass is 410 g/mol. The Labute approximate surface area is 171 Å². The molecular weight excluding hydrogens is 391 g/mol. The van der Waals surface area contributed by atoms with Gasteiger partial charge in [0, 0.05) is 19.3 Å². The van der Waals surface area contributed by atoms with E-state index in [-0.39, 0.29) is 22.8 Å². The summed E-state index contributed by atoms with van der Waals surface area (Å²) in [6.45, 7) is 0. The average Bonchev–Trinajstić information content (AvgIpc) is 2.75. The SMILES string of the molecule is CNC(=O)c1cnc(Nc2ccc(F)cn2)cc1Nc1cccc(C(N)=O)c1OC. The molecule has 30 heavy (non-hydrogen) atoms.